The van der Waals surface area contributed by atoms with Gasteiger partial charge in [0.1, 0.15) is 0 Å². The molecule has 0 saturated heterocycles. The second-order valence-electron chi connectivity index (χ2n) is 4.60. The summed E-state index contributed by atoms with van der Waals surface area (Å²) in [5.41, 5.74) is 2.06. The maximum absolute atomic E-state index is 13.8. The third-order valence-corrected chi connectivity index (χ3v) is 2.98. The molecular weight excluding hydrogens is 259 g/mol. The molecule has 0 aliphatic rings. The first kappa shape index (κ1) is 14.1. The van der Waals surface area contributed by atoms with Crippen molar-refractivity contribution in [3.05, 3.63) is 75.1 Å². The fraction of sp³-hybridized carbons (Fsp3) is 0.200. The highest BCUT2D eigenvalue weighted by Crippen LogP contribution is 2.20. The van der Waals surface area contributed by atoms with E-state index < -0.39 is 16.4 Å². The summed E-state index contributed by atoms with van der Waals surface area (Å²) in [4.78, 5) is 9.94. The van der Waals surface area contributed by atoms with Gasteiger partial charge in [-0.05, 0) is 12.5 Å². The number of hydrogen-bond donors (Lipinski definition) is 1. The molecule has 20 heavy (non-hydrogen) atoms. The number of halogens is 1. The van der Waals surface area contributed by atoms with E-state index >= 15 is 0 Å². The summed E-state index contributed by atoms with van der Waals surface area (Å²) in [5, 5.41) is 13.7. The Kier molecular flexibility index (Phi) is 4.42. The number of nitrogens with zero attached hydrogens (tertiary/aromatic N) is 1. The molecule has 0 bridgehead atoms. The van der Waals surface area contributed by atoms with Gasteiger partial charge in [-0.1, -0.05) is 42.0 Å². The molecule has 104 valence electrons. The maximum Gasteiger partial charge on any atom is 0.305 e. The third kappa shape index (κ3) is 3.39. The van der Waals surface area contributed by atoms with Crippen LogP contribution >= 0.6 is 0 Å². The third-order valence-electron chi connectivity index (χ3n) is 2.98. The first-order chi connectivity index (χ1) is 9.58. The van der Waals surface area contributed by atoms with Gasteiger partial charge >= 0.3 is 5.69 Å². The summed E-state index contributed by atoms with van der Waals surface area (Å²) in [6.45, 7) is 2.84. The minimum atomic E-state index is -0.769. The van der Waals surface area contributed by atoms with Gasteiger partial charge in [0.2, 0.25) is 5.82 Å². The molecule has 4 nitrogen and oxygen atoms in total. The van der Waals surface area contributed by atoms with E-state index in [9.17, 15) is 14.5 Å². The molecule has 1 N–H and O–H groups in total. The van der Waals surface area contributed by atoms with Crippen molar-refractivity contribution in [3.63, 3.8) is 0 Å². The zero-order chi connectivity index (χ0) is 14.5. The van der Waals surface area contributed by atoms with Gasteiger partial charge in [-0.15, -0.1) is 0 Å². The van der Waals surface area contributed by atoms with Crippen molar-refractivity contribution >= 4 is 5.69 Å². The van der Waals surface area contributed by atoms with Crippen LogP contribution in [0.1, 0.15) is 16.7 Å². The van der Waals surface area contributed by atoms with E-state index in [1.165, 1.54) is 12.1 Å². The van der Waals surface area contributed by atoms with Gasteiger partial charge in [-0.3, -0.25) is 10.1 Å². The monoisotopic (exact) mass is 274 g/mol. The number of nitro benzene ring substituents is 1. The number of aryl methyl sites for hydroxylation is 1. The van der Waals surface area contributed by atoms with Crippen LogP contribution in [0.5, 0.6) is 0 Å². The highest BCUT2D eigenvalue weighted by atomic mass is 19.1. The lowest BCUT2D eigenvalue weighted by atomic mass is 10.1. The molecule has 0 amide bonds. The fourth-order valence-corrected chi connectivity index (χ4v) is 2.01. The van der Waals surface area contributed by atoms with E-state index in [1.807, 2.05) is 31.2 Å². The van der Waals surface area contributed by atoms with Crippen LogP contribution in [0.3, 0.4) is 0 Å². The van der Waals surface area contributed by atoms with Crippen LogP contribution in [0, 0.1) is 22.9 Å². The van der Waals surface area contributed by atoms with Gasteiger partial charge in [-0.25, -0.2) is 0 Å². The molecule has 5 heteroatoms. The number of nitro groups is 1. The minimum absolute atomic E-state index is 0.251. The second kappa shape index (κ2) is 6.25. The van der Waals surface area contributed by atoms with E-state index in [-0.39, 0.29) is 6.54 Å². The highest BCUT2D eigenvalue weighted by Gasteiger charge is 2.16. The predicted molar refractivity (Wildman–Crippen MR) is 74.8 cm³/mol. The molecule has 0 aliphatic carbocycles. The second-order valence-corrected chi connectivity index (χ2v) is 4.60. The average molecular weight is 274 g/mol. The van der Waals surface area contributed by atoms with Gasteiger partial charge in [-0.2, -0.15) is 4.39 Å². The lowest BCUT2D eigenvalue weighted by Crippen LogP contribution is -2.14. The van der Waals surface area contributed by atoms with Crippen LogP contribution < -0.4 is 5.32 Å². The molecule has 0 heterocycles. The van der Waals surface area contributed by atoms with Crippen molar-refractivity contribution in [2.24, 2.45) is 0 Å². The molecule has 0 spiro atoms. The van der Waals surface area contributed by atoms with Crippen molar-refractivity contribution in [3.8, 4) is 0 Å². The van der Waals surface area contributed by atoms with E-state index in [1.54, 1.807) is 6.07 Å². The standard InChI is InChI=1S/C15H15FN2O2/c1-11-4-2-5-12(8-11)9-17-10-13-6-3-7-14(15(13)16)18(19)20/h2-8,17H,9-10H2,1H3. The molecule has 0 aliphatic heterocycles. The van der Waals surface area contributed by atoms with Crippen molar-refractivity contribution in [2.75, 3.05) is 0 Å². The SMILES string of the molecule is Cc1cccc(CNCc2cccc([N+](=O)[O-])c2F)c1. The Hall–Kier alpha value is -2.27. The number of nitrogens with one attached hydrogen (secondary N) is 1. The van der Waals surface area contributed by atoms with E-state index in [2.05, 4.69) is 5.32 Å². The average Bonchev–Trinajstić information content (AvgIpc) is 2.40. The first-order valence-corrected chi connectivity index (χ1v) is 6.26. The molecule has 0 saturated carbocycles. The molecule has 0 atom stereocenters. The molecule has 0 aromatic heterocycles. The lowest BCUT2D eigenvalue weighted by molar-refractivity contribution is -0.387. The number of rotatable bonds is 5. The largest absolute Gasteiger partial charge is 0.309 e. The summed E-state index contributed by atoms with van der Waals surface area (Å²) in [6, 6.07) is 12.2. The Morgan fingerprint density at radius 1 is 1.20 bits per heavy atom. The Morgan fingerprint density at radius 2 is 1.95 bits per heavy atom. The van der Waals surface area contributed by atoms with Crippen molar-refractivity contribution in [1.82, 2.24) is 5.32 Å². The molecular formula is C15H15FN2O2. The topological polar surface area (TPSA) is 55.2 Å². The molecule has 0 radical (unpaired) electrons. The Morgan fingerprint density at radius 3 is 2.65 bits per heavy atom. The Bertz CT molecular complexity index is 629. The van der Waals surface area contributed by atoms with Gasteiger partial charge < -0.3 is 5.32 Å². The van der Waals surface area contributed by atoms with Crippen LogP contribution in [0.2, 0.25) is 0 Å². The van der Waals surface area contributed by atoms with Crippen LogP contribution in [0.15, 0.2) is 42.5 Å². The summed E-state index contributed by atoms with van der Waals surface area (Å²) >= 11 is 0. The van der Waals surface area contributed by atoms with E-state index in [0.29, 0.717) is 12.1 Å². The molecule has 0 unspecified atom stereocenters. The molecule has 2 rings (SSSR count). The van der Waals surface area contributed by atoms with E-state index in [4.69, 9.17) is 0 Å². The highest BCUT2D eigenvalue weighted by molar-refractivity contribution is 5.36. The summed E-state index contributed by atoms with van der Waals surface area (Å²) < 4.78 is 13.8. The summed E-state index contributed by atoms with van der Waals surface area (Å²) in [5.74, 6) is -0.769. The van der Waals surface area contributed by atoms with Crippen LogP contribution in [-0.4, -0.2) is 4.92 Å². The first-order valence-electron chi connectivity index (χ1n) is 6.26. The van der Waals surface area contributed by atoms with Crippen LogP contribution in [0.4, 0.5) is 10.1 Å². The van der Waals surface area contributed by atoms with Gasteiger partial charge in [0.05, 0.1) is 4.92 Å². The Balaban J connectivity index is 2.01. The Labute approximate surface area is 116 Å². The predicted octanol–water partition coefficient (Wildman–Crippen LogP) is 3.33. The minimum Gasteiger partial charge on any atom is -0.309 e. The van der Waals surface area contributed by atoms with Gasteiger partial charge in [0.25, 0.3) is 0 Å². The fourth-order valence-electron chi connectivity index (χ4n) is 2.01. The smallest absolute Gasteiger partial charge is 0.305 e. The maximum atomic E-state index is 13.8. The normalized spacial score (nSPS) is 10.5. The van der Waals surface area contributed by atoms with Crippen LogP contribution in [-0.2, 0) is 13.1 Å². The molecule has 2 aromatic carbocycles. The quantitative estimate of drug-likeness (QED) is 0.672. The van der Waals surface area contributed by atoms with Crippen molar-refractivity contribution in [2.45, 2.75) is 20.0 Å². The molecule has 0 fully saturated rings. The van der Waals surface area contributed by atoms with Crippen molar-refractivity contribution in [1.29, 1.82) is 0 Å². The van der Waals surface area contributed by atoms with Crippen molar-refractivity contribution < 1.29 is 9.31 Å². The summed E-state index contributed by atoms with van der Waals surface area (Å²) in [7, 11) is 0. The van der Waals surface area contributed by atoms with E-state index in [0.717, 1.165) is 11.1 Å². The van der Waals surface area contributed by atoms with Gasteiger partial charge in [0, 0.05) is 24.7 Å². The summed E-state index contributed by atoms with van der Waals surface area (Å²) in [6.07, 6.45) is 0. The number of hydrogen-bond acceptors (Lipinski definition) is 3. The lowest BCUT2D eigenvalue weighted by Gasteiger charge is -2.07. The zero-order valence-corrected chi connectivity index (χ0v) is 11.1. The zero-order valence-electron chi connectivity index (χ0n) is 11.1. The van der Waals surface area contributed by atoms with Gasteiger partial charge in [0.15, 0.2) is 0 Å². The number of benzene rings is 2. The van der Waals surface area contributed by atoms with Crippen LogP contribution in [0.25, 0.3) is 0 Å². The molecule has 2 aromatic rings.